The van der Waals surface area contributed by atoms with Crippen LogP contribution in [0.15, 0.2) is 41.5 Å². The van der Waals surface area contributed by atoms with Gasteiger partial charge in [-0.3, -0.25) is 0 Å². The van der Waals surface area contributed by atoms with Gasteiger partial charge in [-0.2, -0.15) is 5.10 Å². The van der Waals surface area contributed by atoms with E-state index in [0.29, 0.717) is 6.54 Å². The highest BCUT2D eigenvalue weighted by Crippen LogP contribution is 2.18. The van der Waals surface area contributed by atoms with Crippen molar-refractivity contribution in [1.29, 1.82) is 0 Å². The molecule has 0 bridgehead atoms. The van der Waals surface area contributed by atoms with Gasteiger partial charge in [0.15, 0.2) is 5.96 Å². The van der Waals surface area contributed by atoms with E-state index in [1.807, 2.05) is 36.0 Å². The number of benzene rings is 1. The van der Waals surface area contributed by atoms with Crippen LogP contribution in [0.25, 0.3) is 5.69 Å². The molecule has 0 radical (unpaired) electrons. The van der Waals surface area contributed by atoms with Gasteiger partial charge in [0.2, 0.25) is 0 Å². The molecule has 7 heteroatoms. The summed E-state index contributed by atoms with van der Waals surface area (Å²) in [4.78, 5) is 10.4. The van der Waals surface area contributed by atoms with Crippen molar-refractivity contribution in [3.05, 3.63) is 63.4 Å². The Labute approximate surface area is 170 Å². The molecule has 0 saturated carbocycles. The second-order valence-electron chi connectivity index (χ2n) is 6.63. The van der Waals surface area contributed by atoms with E-state index in [9.17, 15) is 0 Å². The molecule has 1 aromatic carbocycles. The van der Waals surface area contributed by atoms with Crippen molar-refractivity contribution >= 4 is 17.3 Å². The Bertz CT molecular complexity index is 926. The van der Waals surface area contributed by atoms with Crippen molar-refractivity contribution in [1.82, 2.24) is 25.4 Å². The third-order valence-corrected chi connectivity index (χ3v) is 5.45. The van der Waals surface area contributed by atoms with Crippen molar-refractivity contribution in [2.75, 3.05) is 13.1 Å². The highest BCUT2D eigenvalue weighted by atomic mass is 32.1. The molecule has 2 N–H and O–H groups in total. The Morgan fingerprint density at radius 2 is 1.93 bits per heavy atom. The Hall–Kier alpha value is -2.67. The van der Waals surface area contributed by atoms with Crippen LogP contribution >= 0.6 is 11.3 Å². The van der Waals surface area contributed by atoms with Crippen LogP contribution in [0.4, 0.5) is 0 Å². The summed E-state index contributed by atoms with van der Waals surface area (Å²) in [6, 6.07) is 10.2. The molecule has 0 fully saturated rings. The summed E-state index contributed by atoms with van der Waals surface area (Å²) in [5.41, 5.74) is 4.37. The standard InChI is InChI=1S/C21H28N6S/c1-5-22-21(23-12-11-20-24-13-15(2)28-20)25-14-19-16(3)26-27(17(19)4)18-9-7-6-8-10-18/h6-10,13H,5,11-12,14H2,1-4H3,(H2,22,23,25). The molecule has 28 heavy (non-hydrogen) atoms. The van der Waals surface area contributed by atoms with Crippen LogP contribution in [0.2, 0.25) is 0 Å². The summed E-state index contributed by atoms with van der Waals surface area (Å²) in [5.74, 6) is 0.821. The first kappa shape index (κ1) is 20.1. The van der Waals surface area contributed by atoms with Crippen molar-refractivity contribution in [2.24, 2.45) is 4.99 Å². The molecule has 0 aliphatic heterocycles. The molecule has 6 nitrogen and oxygen atoms in total. The average molecular weight is 397 g/mol. The fraction of sp³-hybridized carbons (Fsp3) is 0.381. The van der Waals surface area contributed by atoms with Gasteiger partial charge in [-0.25, -0.2) is 14.7 Å². The fourth-order valence-corrected chi connectivity index (χ4v) is 3.82. The molecule has 0 spiro atoms. The molecule has 3 aromatic rings. The lowest BCUT2D eigenvalue weighted by molar-refractivity contribution is 0.795. The van der Waals surface area contributed by atoms with Gasteiger partial charge in [-0.15, -0.1) is 11.3 Å². The summed E-state index contributed by atoms with van der Waals surface area (Å²) >= 11 is 1.75. The summed E-state index contributed by atoms with van der Waals surface area (Å²) in [6.45, 7) is 10.5. The number of hydrogen-bond donors (Lipinski definition) is 2. The van der Waals surface area contributed by atoms with E-state index in [1.165, 1.54) is 4.88 Å². The van der Waals surface area contributed by atoms with Crippen LogP contribution in [0.5, 0.6) is 0 Å². The van der Waals surface area contributed by atoms with Crippen molar-refractivity contribution in [3.8, 4) is 5.69 Å². The molecule has 0 saturated heterocycles. The SMILES string of the molecule is CCNC(=NCc1c(C)nn(-c2ccccc2)c1C)NCCc1ncc(C)s1. The molecule has 148 valence electrons. The van der Waals surface area contributed by atoms with Crippen LogP contribution < -0.4 is 10.6 Å². The number of nitrogens with one attached hydrogen (secondary N) is 2. The van der Waals surface area contributed by atoms with Crippen LogP contribution in [0.1, 0.15) is 33.8 Å². The fourth-order valence-electron chi connectivity index (χ4n) is 3.03. The highest BCUT2D eigenvalue weighted by molar-refractivity contribution is 7.11. The van der Waals surface area contributed by atoms with E-state index in [-0.39, 0.29) is 0 Å². The summed E-state index contributed by atoms with van der Waals surface area (Å²) < 4.78 is 1.99. The molecule has 3 rings (SSSR count). The third kappa shape index (κ3) is 4.98. The lowest BCUT2D eigenvalue weighted by Gasteiger charge is -2.11. The summed E-state index contributed by atoms with van der Waals surface area (Å²) in [6.07, 6.45) is 2.82. The third-order valence-electron chi connectivity index (χ3n) is 4.48. The minimum atomic E-state index is 0.593. The number of nitrogens with zero attached hydrogens (tertiary/aromatic N) is 4. The number of hydrogen-bond acceptors (Lipinski definition) is 4. The number of aliphatic imine (C=N–C) groups is 1. The second kappa shape index (κ2) is 9.50. The summed E-state index contributed by atoms with van der Waals surface area (Å²) in [7, 11) is 0. The Morgan fingerprint density at radius 1 is 1.14 bits per heavy atom. The molecule has 0 atom stereocenters. The van der Waals surface area contributed by atoms with Gasteiger partial charge in [0.25, 0.3) is 0 Å². The van der Waals surface area contributed by atoms with Crippen LogP contribution in [0.3, 0.4) is 0 Å². The first-order valence-electron chi connectivity index (χ1n) is 9.62. The topological polar surface area (TPSA) is 67.1 Å². The molecule has 0 amide bonds. The molecule has 0 aliphatic carbocycles. The first-order valence-corrected chi connectivity index (χ1v) is 10.4. The highest BCUT2D eigenvalue weighted by Gasteiger charge is 2.12. The lowest BCUT2D eigenvalue weighted by atomic mass is 10.2. The maximum atomic E-state index is 4.77. The average Bonchev–Trinajstić information content (AvgIpc) is 3.23. The molecular weight excluding hydrogens is 368 g/mol. The van der Waals surface area contributed by atoms with Crippen LogP contribution in [-0.4, -0.2) is 33.8 Å². The Morgan fingerprint density at radius 3 is 2.61 bits per heavy atom. The number of aryl methyl sites for hydroxylation is 2. The summed E-state index contributed by atoms with van der Waals surface area (Å²) in [5, 5.41) is 12.6. The van der Waals surface area contributed by atoms with Crippen molar-refractivity contribution < 1.29 is 0 Å². The van der Waals surface area contributed by atoms with Crippen molar-refractivity contribution in [2.45, 2.75) is 40.7 Å². The largest absolute Gasteiger partial charge is 0.357 e. The Kier molecular flexibility index (Phi) is 6.81. The van der Waals surface area contributed by atoms with Gasteiger partial charge < -0.3 is 10.6 Å². The normalized spacial score (nSPS) is 11.6. The van der Waals surface area contributed by atoms with Crippen LogP contribution in [-0.2, 0) is 13.0 Å². The maximum absolute atomic E-state index is 4.77. The van der Waals surface area contributed by atoms with Gasteiger partial charge in [-0.1, -0.05) is 18.2 Å². The zero-order chi connectivity index (χ0) is 19.9. The zero-order valence-corrected chi connectivity index (χ0v) is 17.8. The van der Waals surface area contributed by atoms with Gasteiger partial charge in [0.05, 0.1) is 22.9 Å². The predicted molar refractivity (Wildman–Crippen MR) is 116 cm³/mol. The number of rotatable bonds is 7. The van der Waals surface area contributed by atoms with Gasteiger partial charge in [0.1, 0.15) is 0 Å². The molecule has 0 aliphatic rings. The predicted octanol–water partition coefficient (Wildman–Crippen LogP) is 3.55. The zero-order valence-electron chi connectivity index (χ0n) is 17.0. The van der Waals surface area contributed by atoms with E-state index in [4.69, 9.17) is 10.1 Å². The smallest absolute Gasteiger partial charge is 0.191 e. The number of aromatic nitrogens is 3. The minimum absolute atomic E-state index is 0.593. The lowest BCUT2D eigenvalue weighted by Crippen LogP contribution is -2.38. The molecule has 2 heterocycles. The molecule has 0 unspecified atom stereocenters. The molecular formula is C21H28N6S. The quantitative estimate of drug-likeness (QED) is 0.473. The van der Waals surface area contributed by atoms with E-state index in [1.54, 1.807) is 11.3 Å². The number of para-hydroxylation sites is 1. The van der Waals surface area contributed by atoms with E-state index < -0.39 is 0 Å². The van der Waals surface area contributed by atoms with Gasteiger partial charge in [-0.05, 0) is 39.8 Å². The van der Waals surface area contributed by atoms with Gasteiger partial charge in [0, 0.05) is 41.8 Å². The van der Waals surface area contributed by atoms with Crippen LogP contribution in [0, 0.1) is 20.8 Å². The second-order valence-corrected chi connectivity index (χ2v) is 7.95. The van der Waals surface area contributed by atoms with E-state index in [0.717, 1.165) is 53.1 Å². The van der Waals surface area contributed by atoms with E-state index >= 15 is 0 Å². The monoisotopic (exact) mass is 396 g/mol. The first-order chi connectivity index (χ1) is 13.6. The van der Waals surface area contributed by atoms with E-state index in [2.05, 4.69) is 48.5 Å². The number of thiazole rings is 1. The van der Waals surface area contributed by atoms with Crippen molar-refractivity contribution in [3.63, 3.8) is 0 Å². The Balaban J connectivity index is 1.68. The maximum Gasteiger partial charge on any atom is 0.191 e. The van der Waals surface area contributed by atoms with Gasteiger partial charge >= 0.3 is 0 Å². The number of guanidine groups is 1. The molecule has 2 aromatic heterocycles. The minimum Gasteiger partial charge on any atom is -0.357 e.